The Kier molecular flexibility index (Phi) is 7.16. The van der Waals surface area contributed by atoms with Crippen molar-refractivity contribution in [3.63, 3.8) is 0 Å². The average molecular weight is 358 g/mol. The summed E-state index contributed by atoms with van der Waals surface area (Å²) in [6, 6.07) is 9.88. The van der Waals surface area contributed by atoms with Crippen LogP contribution in [0.1, 0.15) is 39.5 Å². The number of ether oxygens (including phenoxy) is 2. The van der Waals surface area contributed by atoms with E-state index in [0.29, 0.717) is 19.8 Å². The van der Waals surface area contributed by atoms with Gasteiger partial charge in [0.15, 0.2) is 5.52 Å². The number of benzene rings is 2. The van der Waals surface area contributed by atoms with Gasteiger partial charge in [-0.1, -0.05) is 18.2 Å². The lowest BCUT2D eigenvalue weighted by atomic mass is 9.95. The molecule has 0 heterocycles. The summed E-state index contributed by atoms with van der Waals surface area (Å²) in [5, 5.41) is 1.03. The molecule has 1 unspecified atom stereocenters. The Hall–Kier alpha value is -1.70. The molecular formula is C21H27O3P. The third-order valence-corrected chi connectivity index (χ3v) is 5.50. The summed E-state index contributed by atoms with van der Waals surface area (Å²) in [6.45, 7) is 12.0. The predicted octanol–water partition coefficient (Wildman–Crippen LogP) is 4.48. The highest BCUT2D eigenvalue weighted by atomic mass is 31.1. The number of hydrogen-bond acceptors (Lipinski definition) is 3. The average Bonchev–Trinajstić information content (AvgIpc) is 2.58. The zero-order valence-electron chi connectivity index (χ0n) is 15.7. The maximum Gasteiger partial charge on any atom is 0.186 e. The molecule has 0 N–H and O–H groups in total. The molecule has 0 saturated carbocycles. The number of aryl methyl sites for hydroxylation is 2. The fourth-order valence-corrected chi connectivity index (χ4v) is 3.93. The molecule has 2 rings (SSSR count). The molecule has 0 aliphatic rings. The van der Waals surface area contributed by atoms with Gasteiger partial charge in [-0.2, -0.15) is 0 Å². The van der Waals surface area contributed by atoms with Crippen molar-refractivity contribution in [2.75, 3.05) is 19.8 Å². The Bertz CT molecular complexity index is 736. The molecule has 0 spiro atoms. The van der Waals surface area contributed by atoms with Gasteiger partial charge in [0.1, 0.15) is 12.4 Å². The van der Waals surface area contributed by atoms with Gasteiger partial charge in [0.2, 0.25) is 0 Å². The molecule has 0 bridgehead atoms. The van der Waals surface area contributed by atoms with Crippen molar-refractivity contribution in [1.29, 1.82) is 0 Å². The van der Waals surface area contributed by atoms with Gasteiger partial charge in [0, 0.05) is 12.2 Å². The Labute approximate surface area is 152 Å². The van der Waals surface area contributed by atoms with E-state index in [-0.39, 0.29) is 14.1 Å². The van der Waals surface area contributed by atoms with Crippen LogP contribution in [-0.2, 0) is 4.74 Å². The minimum atomic E-state index is 0.121. The molecule has 0 saturated heterocycles. The Morgan fingerprint density at radius 2 is 1.64 bits per heavy atom. The van der Waals surface area contributed by atoms with E-state index < -0.39 is 0 Å². The normalized spacial score (nSPS) is 11.2. The molecule has 3 nitrogen and oxygen atoms in total. The molecule has 4 heteroatoms. The smallest absolute Gasteiger partial charge is 0.186 e. The topological polar surface area (TPSA) is 35.5 Å². The number of hydrogen-bond donors (Lipinski definition) is 0. The van der Waals surface area contributed by atoms with Crippen LogP contribution < -0.4 is 10.0 Å². The molecule has 0 fully saturated rings. The van der Waals surface area contributed by atoms with Crippen LogP contribution in [0.4, 0.5) is 0 Å². The van der Waals surface area contributed by atoms with Crippen molar-refractivity contribution in [3.8, 4) is 5.75 Å². The van der Waals surface area contributed by atoms with Crippen LogP contribution in [0.2, 0.25) is 0 Å². The monoisotopic (exact) mass is 358 g/mol. The lowest BCUT2D eigenvalue weighted by molar-refractivity contribution is 0.108. The molecule has 0 aliphatic heterocycles. The molecule has 2 aromatic carbocycles. The van der Waals surface area contributed by atoms with E-state index in [4.69, 9.17) is 9.47 Å². The summed E-state index contributed by atoms with van der Waals surface area (Å²) >= 11 is 0. The van der Waals surface area contributed by atoms with E-state index >= 15 is 0 Å². The van der Waals surface area contributed by atoms with Gasteiger partial charge in [-0.3, -0.25) is 4.79 Å². The molecule has 25 heavy (non-hydrogen) atoms. The zero-order valence-corrected chi connectivity index (χ0v) is 16.7. The van der Waals surface area contributed by atoms with Gasteiger partial charge in [-0.05, 0) is 82.9 Å². The van der Waals surface area contributed by atoms with E-state index in [0.717, 1.165) is 27.7 Å². The number of carbonyl (C=O) groups excluding carboxylic acids is 1. The van der Waals surface area contributed by atoms with Crippen LogP contribution in [0.15, 0.2) is 30.3 Å². The second kappa shape index (κ2) is 9.12. The molecule has 0 amide bonds. The highest BCUT2D eigenvalue weighted by Crippen LogP contribution is 2.28. The summed E-state index contributed by atoms with van der Waals surface area (Å²) < 4.78 is 10.9. The minimum Gasteiger partial charge on any atom is -0.491 e. The first-order valence-corrected chi connectivity index (χ1v) is 9.63. The first-order chi connectivity index (χ1) is 11.9. The van der Waals surface area contributed by atoms with E-state index in [9.17, 15) is 4.79 Å². The number of rotatable bonds is 8. The van der Waals surface area contributed by atoms with E-state index in [2.05, 4.69) is 19.9 Å². The Balaban J connectivity index is 2.05. The van der Waals surface area contributed by atoms with Crippen LogP contribution in [0.5, 0.6) is 5.75 Å². The molecule has 0 aliphatic carbocycles. The standard InChI is InChI=1S/C21H27O3P/c1-6-23-11-12-24-18-7-9-19(10-8-18)25-21(22)20-15(3)13-14(2)16(4)17(20)5/h7-10,13,25H,6,11-12H2,1-5H3. The summed E-state index contributed by atoms with van der Waals surface area (Å²) in [6.07, 6.45) is 0. The van der Waals surface area contributed by atoms with Crippen molar-refractivity contribution in [3.05, 3.63) is 58.1 Å². The van der Waals surface area contributed by atoms with Gasteiger partial charge in [0.25, 0.3) is 0 Å². The molecular weight excluding hydrogens is 331 g/mol. The summed E-state index contributed by atoms with van der Waals surface area (Å²) in [4.78, 5) is 12.8. The van der Waals surface area contributed by atoms with Crippen LogP contribution in [-0.4, -0.2) is 25.3 Å². The summed E-state index contributed by atoms with van der Waals surface area (Å²) in [5.74, 6) is 0.805. The Morgan fingerprint density at radius 1 is 0.960 bits per heavy atom. The van der Waals surface area contributed by atoms with Crippen molar-refractivity contribution in [1.82, 2.24) is 0 Å². The molecule has 2 aromatic rings. The van der Waals surface area contributed by atoms with E-state index in [1.165, 1.54) is 11.1 Å². The molecule has 0 radical (unpaired) electrons. The second-order valence-corrected chi connectivity index (χ2v) is 7.44. The quantitative estimate of drug-likeness (QED) is 0.516. The van der Waals surface area contributed by atoms with Crippen molar-refractivity contribution < 1.29 is 14.3 Å². The van der Waals surface area contributed by atoms with Crippen LogP contribution in [0.3, 0.4) is 0 Å². The van der Waals surface area contributed by atoms with Gasteiger partial charge < -0.3 is 9.47 Å². The van der Waals surface area contributed by atoms with Gasteiger partial charge in [-0.15, -0.1) is 0 Å². The van der Waals surface area contributed by atoms with Crippen molar-refractivity contribution in [2.24, 2.45) is 0 Å². The fourth-order valence-electron chi connectivity index (χ4n) is 2.82. The third kappa shape index (κ3) is 5.14. The van der Waals surface area contributed by atoms with E-state index in [1.807, 2.05) is 45.0 Å². The van der Waals surface area contributed by atoms with Crippen molar-refractivity contribution >= 4 is 19.4 Å². The molecule has 134 valence electrons. The highest BCUT2D eigenvalue weighted by molar-refractivity contribution is 7.66. The fraction of sp³-hybridized carbons (Fsp3) is 0.381. The maximum atomic E-state index is 12.8. The van der Waals surface area contributed by atoms with Crippen LogP contribution >= 0.6 is 8.58 Å². The van der Waals surface area contributed by atoms with Crippen LogP contribution in [0.25, 0.3) is 0 Å². The summed E-state index contributed by atoms with van der Waals surface area (Å²) in [5.41, 5.74) is 5.68. The first-order valence-electron chi connectivity index (χ1n) is 8.63. The van der Waals surface area contributed by atoms with Crippen LogP contribution in [0, 0.1) is 27.7 Å². The second-order valence-electron chi connectivity index (χ2n) is 6.16. The summed E-state index contributed by atoms with van der Waals surface area (Å²) in [7, 11) is 0.121. The van der Waals surface area contributed by atoms with Gasteiger partial charge >= 0.3 is 0 Å². The molecule has 1 atom stereocenters. The third-order valence-electron chi connectivity index (χ3n) is 4.40. The van der Waals surface area contributed by atoms with E-state index in [1.54, 1.807) is 0 Å². The predicted molar refractivity (Wildman–Crippen MR) is 106 cm³/mol. The molecule has 0 aromatic heterocycles. The number of carbonyl (C=O) groups is 1. The first kappa shape index (κ1) is 19.6. The highest BCUT2D eigenvalue weighted by Gasteiger charge is 2.15. The Morgan fingerprint density at radius 3 is 2.28 bits per heavy atom. The minimum absolute atomic E-state index is 0.121. The zero-order chi connectivity index (χ0) is 18.4. The largest absolute Gasteiger partial charge is 0.491 e. The SMILES string of the molecule is CCOCCOc1ccc(PC(=O)c2c(C)cc(C)c(C)c2C)cc1. The lowest BCUT2D eigenvalue weighted by Crippen LogP contribution is -2.08. The lowest BCUT2D eigenvalue weighted by Gasteiger charge is -2.14. The van der Waals surface area contributed by atoms with Gasteiger partial charge in [0.05, 0.1) is 6.61 Å². The van der Waals surface area contributed by atoms with Gasteiger partial charge in [-0.25, -0.2) is 0 Å². The van der Waals surface area contributed by atoms with Crippen molar-refractivity contribution in [2.45, 2.75) is 34.6 Å². The maximum absolute atomic E-state index is 12.8.